The molecule has 0 bridgehead atoms. The molecule has 1 aliphatic heterocycles. The Bertz CT molecular complexity index is 687. The predicted molar refractivity (Wildman–Crippen MR) is 99.0 cm³/mol. The van der Waals surface area contributed by atoms with Gasteiger partial charge in [-0.2, -0.15) is 0 Å². The highest BCUT2D eigenvalue weighted by atomic mass is 35.5. The Morgan fingerprint density at radius 1 is 1.24 bits per heavy atom. The van der Waals surface area contributed by atoms with E-state index in [4.69, 9.17) is 10.3 Å². The zero-order chi connectivity index (χ0) is 16.2. The van der Waals surface area contributed by atoms with Crippen molar-refractivity contribution in [3.05, 3.63) is 47.1 Å². The van der Waals surface area contributed by atoms with Gasteiger partial charge in [-0.3, -0.25) is 14.7 Å². The summed E-state index contributed by atoms with van der Waals surface area (Å²) < 4.78 is 5.25. The first kappa shape index (κ1) is 21.4. The molecule has 3 rings (SSSR count). The van der Waals surface area contributed by atoms with Crippen LogP contribution in [0.5, 0.6) is 0 Å². The third-order valence-corrected chi connectivity index (χ3v) is 3.99. The van der Waals surface area contributed by atoms with Crippen molar-refractivity contribution in [1.29, 1.82) is 0 Å². The van der Waals surface area contributed by atoms with Crippen LogP contribution in [-0.2, 0) is 13.1 Å². The average Bonchev–Trinajstić information content (AvgIpc) is 3.00. The Morgan fingerprint density at radius 3 is 2.56 bits per heavy atom. The summed E-state index contributed by atoms with van der Waals surface area (Å²) in [6.07, 6.45) is 1.64. The highest BCUT2D eigenvalue weighted by molar-refractivity contribution is 5.94. The van der Waals surface area contributed by atoms with E-state index in [1.165, 1.54) is 0 Å². The molecule has 9 heteroatoms. The Morgan fingerprint density at radius 2 is 1.96 bits per heavy atom. The summed E-state index contributed by atoms with van der Waals surface area (Å²) in [6.45, 7) is 6.02. The summed E-state index contributed by atoms with van der Waals surface area (Å²) in [4.78, 5) is 20.8. The topological polar surface area (TPSA) is 88.5 Å². The summed E-state index contributed by atoms with van der Waals surface area (Å²) in [6, 6.07) is 5.46. The van der Waals surface area contributed by atoms with Gasteiger partial charge in [0.2, 0.25) is 0 Å². The molecule has 0 aliphatic carbocycles. The highest BCUT2D eigenvalue weighted by Crippen LogP contribution is 2.12. The first-order valence-electron chi connectivity index (χ1n) is 7.74. The van der Waals surface area contributed by atoms with Crippen molar-refractivity contribution in [2.75, 3.05) is 26.2 Å². The minimum atomic E-state index is 0. The van der Waals surface area contributed by atoms with Crippen molar-refractivity contribution in [3.8, 4) is 0 Å². The number of carbonyl (C=O) groups is 1. The lowest BCUT2D eigenvalue weighted by Gasteiger charge is -2.34. The van der Waals surface area contributed by atoms with Crippen molar-refractivity contribution in [1.82, 2.24) is 19.9 Å². The molecule has 1 fully saturated rings. The number of hydrogen-bond acceptors (Lipinski definition) is 6. The van der Waals surface area contributed by atoms with Crippen LogP contribution in [0.4, 0.5) is 0 Å². The van der Waals surface area contributed by atoms with E-state index in [0.29, 0.717) is 25.2 Å². The predicted octanol–water partition coefficient (Wildman–Crippen LogP) is 1.64. The van der Waals surface area contributed by atoms with E-state index in [1.807, 2.05) is 17.9 Å². The van der Waals surface area contributed by atoms with Gasteiger partial charge in [-0.1, -0.05) is 5.16 Å². The maximum atomic E-state index is 12.5. The van der Waals surface area contributed by atoms with Crippen LogP contribution in [0.15, 0.2) is 28.9 Å². The smallest absolute Gasteiger partial charge is 0.254 e. The second-order valence-electron chi connectivity index (χ2n) is 5.74. The van der Waals surface area contributed by atoms with Gasteiger partial charge in [-0.05, 0) is 19.1 Å². The molecule has 0 spiro atoms. The van der Waals surface area contributed by atoms with Gasteiger partial charge in [0.1, 0.15) is 0 Å². The molecule has 25 heavy (non-hydrogen) atoms. The highest BCUT2D eigenvalue weighted by Gasteiger charge is 2.23. The first-order valence-corrected chi connectivity index (χ1v) is 7.74. The van der Waals surface area contributed by atoms with Gasteiger partial charge in [0.25, 0.3) is 5.91 Å². The number of nitrogens with zero attached hydrogens (tertiary/aromatic N) is 4. The van der Waals surface area contributed by atoms with Gasteiger partial charge in [-0.25, -0.2) is 0 Å². The molecular formula is C16H23Cl2N5O2. The first-order chi connectivity index (χ1) is 11.2. The van der Waals surface area contributed by atoms with Gasteiger partial charge < -0.3 is 15.2 Å². The fourth-order valence-corrected chi connectivity index (χ4v) is 2.73. The summed E-state index contributed by atoms with van der Waals surface area (Å²) >= 11 is 0. The van der Waals surface area contributed by atoms with Crippen molar-refractivity contribution < 1.29 is 9.32 Å². The van der Waals surface area contributed by atoms with E-state index in [2.05, 4.69) is 15.0 Å². The fourth-order valence-electron chi connectivity index (χ4n) is 2.73. The van der Waals surface area contributed by atoms with E-state index in [9.17, 15) is 4.79 Å². The summed E-state index contributed by atoms with van der Waals surface area (Å²) in [7, 11) is 0. The molecule has 2 aromatic heterocycles. The quantitative estimate of drug-likeness (QED) is 0.857. The fraction of sp³-hybridized carbons (Fsp3) is 0.438. The zero-order valence-corrected chi connectivity index (χ0v) is 15.7. The Hall–Kier alpha value is -1.67. The molecule has 1 amide bonds. The Balaban J connectivity index is 0.00000156. The molecule has 2 N–H and O–H groups in total. The van der Waals surface area contributed by atoms with Crippen LogP contribution in [0.1, 0.15) is 27.5 Å². The Labute approximate surface area is 159 Å². The molecule has 138 valence electrons. The summed E-state index contributed by atoms with van der Waals surface area (Å²) in [5, 5.41) is 3.90. The lowest BCUT2D eigenvalue weighted by Crippen LogP contribution is -2.48. The molecule has 0 radical (unpaired) electrons. The monoisotopic (exact) mass is 387 g/mol. The lowest BCUT2D eigenvalue weighted by molar-refractivity contribution is 0.0617. The van der Waals surface area contributed by atoms with Crippen LogP contribution in [0.3, 0.4) is 0 Å². The van der Waals surface area contributed by atoms with Crippen molar-refractivity contribution >= 4 is 30.7 Å². The number of amides is 1. The van der Waals surface area contributed by atoms with Gasteiger partial charge >= 0.3 is 0 Å². The number of nitrogens with two attached hydrogens (primary N) is 1. The lowest BCUT2D eigenvalue weighted by atomic mass is 10.2. The van der Waals surface area contributed by atoms with Crippen LogP contribution in [-0.4, -0.2) is 52.0 Å². The minimum absolute atomic E-state index is 0. The minimum Gasteiger partial charge on any atom is -0.360 e. The number of carbonyl (C=O) groups excluding carboxylic acids is 1. The third kappa shape index (κ3) is 5.40. The van der Waals surface area contributed by atoms with Crippen molar-refractivity contribution in [2.45, 2.75) is 20.0 Å². The van der Waals surface area contributed by atoms with Gasteiger partial charge in [-0.15, -0.1) is 24.8 Å². The molecule has 1 aliphatic rings. The average molecular weight is 388 g/mol. The molecule has 0 aromatic carbocycles. The second kappa shape index (κ2) is 9.72. The maximum Gasteiger partial charge on any atom is 0.254 e. The van der Waals surface area contributed by atoms with Crippen LogP contribution >= 0.6 is 24.8 Å². The van der Waals surface area contributed by atoms with E-state index in [1.54, 1.807) is 18.3 Å². The molecule has 1 saturated heterocycles. The summed E-state index contributed by atoms with van der Waals surface area (Å²) in [5.41, 5.74) is 7.86. The van der Waals surface area contributed by atoms with Crippen LogP contribution in [0.2, 0.25) is 0 Å². The van der Waals surface area contributed by atoms with Gasteiger partial charge in [0, 0.05) is 50.6 Å². The van der Waals surface area contributed by atoms with E-state index in [0.717, 1.165) is 36.8 Å². The molecule has 3 heterocycles. The number of halogens is 2. The number of piperazine rings is 1. The SMILES string of the molecule is Cc1cc(CN2CCN(C(=O)c3ccnc(CN)c3)CC2)on1.Cl.Cl. The summed E-state index contributed by atoms with van der Waals surface area (Å²) in [5.74, 6) is 0.904. The number of rotatable bonds is 4. The number of aryl methyl sites for hydroxylation is 1. The molecule has 0 saturated carbocycles. The van der Waals surface area contributed by atoms with Crippen LogP contribution < -0.4 is 5.73 Å². The Kier molecular flexibility index (Phi) is 8.31. The van der Waals surface area contributed by atoms with Crippen molar-refractivity contribution in [3.63, 3.8) is 0 Å². The largest absolute Gasteiger partial charge is 0.360 e. The standard InChI is InChI=1S/C16H21N5O2.2ClH/c1-12-8-15(23-19-12)11-20-4-6-21(7-5-20)16(22)13-2-3-18-14(9-13)10-17;;/h2-3,8-9H,4-7,10-11,17H2,1H3;2*1H. The zero-order valence-electron chi connectivity index (χ0n) is 14.1. The number of aromatic nitrogens is 2. The maximum absolute atomic E-state index is 12.5. The van der Waals surface area contributed by atoms with E-state index >= 15 is 0 Å². The number of pyridine rings is 1. The van der Waals surface area contributed by atoms with E-state index < -0.39 is 0 Å². The van der Waals surface area contributed by atoms with Crippen molar-refractivity contribution in [2.24, 2.45) is 5.73 Å². The van der Waals surface area contributed by atoms with E-state index in [-0.39, 0.29) is 30.7 Å². The number of hydrogen-bond donors (Lipinski definition) is 1. The second-order valence-corrected chi connectivity index (χ2v) is 5.74. The molecule has 0 unspecified atom stereocenters. The van der Waals surface area contributed by atoms with Crippen LogP contribution in [0.25, 0.3) is 0 Å². The third-order valence-electron chi connectivity index (χ3n) is 3.99. The molecule has 0 atom stereocenters. The van der Waals surface area contributed by atoms with Gasteiger partial charge in [0.05, 0.1) is 17.9 Å². The molecular weight excluding hydrogens is 365 g/mol. The van der Waals surface area contributed by atoms with Crippen LogP contribution in [0, 0.1) is 6.92 Å². The normalized spacial score (nSPS) is 14.6. The molecule has 2 aromatic rings. The van der Waals surface area contributed by atoms with Gasteiger partial charge in [0.15, 0.2) is 5.76 Å². The molecule has 7 nitrogen and oxygen atoms in total.